The van der Waals surface area contributed by atoms with E-state index in [1.165, 1.54) is 0 Å². The minimum absolute atomic E-state index is 0.921. The largest absolute Gasteiger partial charge is 0.248 e. The summed E-state index contributed by atoms with van der Waals surface area (Å²) in [4.78, 5) is 15.6. The molecule has 0 aliphatic heterocycles. The predicted molar refractivity (Wildman–Crippen MR) is 300 cm³/mol. The highest BCUT2D eigenvalue weighted by Crippen LogP contribution is 2.40. The van der Waals surface area contributed by atoms with Crippen LogP contribution in [-0.2, 0) is 0 Å². The quantitative estimate of drug-likeness (QED) is 0.130. The molecule has 0 radical (unpaired) electrons. The van der Waals surface area contributed by atoms with Crippen molar-refractivity contribution in [2.45, 2.75) is 0 Å². The highest BCUT2D eigenvalue weighted by atomic mass is 14.7. The van der Waals surface area contributed by atoms with E-state index in [9.17, 15) is 0 Å². The minimum Gasteiger partial charge on any atom is -0.248 e. The van der Waals surface area contributed by atoms with Crippen LogP contribution in [0.5, 0.6) is 0 Å². The van der Waals surface area contributed by atoms with E-state index in [2.05, 4.69) is 261 Å². The number of hydrogen-bond donors (Lipinski definition) is 0. The third kappa shape index (κ3) is 9.43. The van der Waals surface area contributed by atoms with Crippen LogP contribution >= 0.6 is 0 Å². The van der Waals surface area contributed by atoms with Gasteiger partial charge in [0.2, 0.25) is 0 Å². The summed E-state index contributed by atoms with van der Waals surface area (Å²) in [5.74, 6) is 0. The lowest BCUT2D eigenvalue weighted by molar-refractivity contribution is 1.32. The number of nitrogens with zero attached hydrogens (tertiary/aromatic N) is 3. The van der Waals surface area contributed by atoms with Gasteiger partial charge >= 0.3 is 0 Å². The zero-order valence-electron chi connectivity index (χ0n) is 39.5. The Bertz CT molecular complexity index is 3460. The molecule has 3 nitrogen and oxygen atoms in total. The van der Waals surface area contributed by atoms with Gasteiger partial charge in [-0.05, 0) is 122 Å². The Morgan fingerprint density at radius 2 is 0.278 bits per heavy atom. The molecule has 0 saturated carbocycles. The van der Waals surface area contributed by atoms with Crippen molar-refractivity contribution in [2.24, 2.45) is 0 Å². The third-order valence-electron chi connectivity index (χ3n) is 13.2. The average Bonchev–Trinajstić information content (AvgIpc) is 3.48. The molecule has 0 N–H and O–H groups in total. The summed E-state index contributed by atoms with van der Waals surface area (Å²) >= 11 is 0. The first-order valence-electron chi connectivity index (χ1n) is 24.4. The summed E-state index contributed by atoms with van der Waals surface area (Å²) < 4.78 is 0. The molecule has 12 rings (SSSR count). The predicted octanol–water partition coefficient (Wildman–Crippen LogP) is 18.2. The maximum Gasteiger partial charge on any atom is 0.0715 e. The number of rotatable bonds is 11. The maximum atomic E-state index is 5.26. The monoisotopic (exact) mass is 917 g/mol. The summed E-state index contributed by atoms with van der Waals surface area (Å²) in [7, 11) is 0. The van der Waals surface area contributed by atoms with Crippen LogP contribution < -0.4 is 0 Å². The molecule has 338 valence electrons. The second-order valence-electron chi connectivity index (χ2n) is 18.0. The molecule has 0 aliphatic rings. The summed E-state index contributed by atoms with van der Waals surface area (Å²) in [5, 5.41) is 0. The molecule has 0 fully saturated rings. The highest BCUT2D eigenvalue weighted by Gasteiger charge is 2.16. The van der Waals surface area contributed by atoms with Crippen LogP contribution in [0.4, 0.5) is 0 Å². The van der Waals surface area contributed by atoms with Crippen LogP contribution in [0.25, 0.3) is 123 Å². The van der Waals surface area contributed by atoms with E-state index in [4.69, 9.17) is 15.0 Å². The molecule has 12 aromatic rings. The van der Waals surface area contributed by atoms with Crippen molar-refractivity contribution in [3.63, 3.8) is 0 Å². The Balaban J connectivity index is 1.03. The van der Waals surface area contributed by atoms with Gasteiger partial charge in [0.05, 0.1) is 34.2 Å². The van der Waals surface area contributed by atoms with Crippen LogP contribution in [0.15, 0.2) is 285 Å². The van der Waals surface area contributed by atoms with Gasteiger partial charge in [0.1, 0.15) is 0 Å². The van der Waals surface area contributed by atoms with E-state index in [-0.39, 0.29) is 0 Å². The van der Waals surface area contributed by atoms with Crippen molar-refractivity contribution >= 4 is 0 Å². The highest BCUT2D eigenvalue weighted by molar-refractivity contribution is 5.88. The third-order valence-corrected chi connectivity index (χ3v) is 13.2. The molecule has 0 bridgehead atoms. The lowest BCUT2D eigenvalue weighted by Gasteiger charge is -2.16. The molecule has 0 amide bonds. The SMILES string of the molecule is c1ccc(-c2cc(-c3cccc(-c4cc(-c5cccc(-c6cc(-c7ccccc7)nc(-c7ccccc7)c6)c5)cc(-c5cc(-c6ccccc6)nc(-c6ccccc6)c5)c4)c3)cc(-c3ccccc3)n2)cc1. The van der Waals surface area contributed by atoms with E-state index in [0.717, 1.165) is 123 Å². The average molecular weight is 918 g/mol. The summed E-state index contributed by atoms with van der Waals surface area (Å²) in [6.07, 6.45) is 0. The van der Waals surface area contributed by atoms with Gasteiger partial charge in [-0.25, -0.2) is 15.0 Å². The minimum atomic E-state index is 0.921. The Labute approximate surface area is 421 Å². The van der Waals surface area contributed by atoms with Crippen LogP contribution in [0.3, 0.4) is 0 Å². The number of aromatic nitrogens is 3. The first-order chi connectivity index (χ1) is 35.6. The molecule has 0 atom stereocenters. The maximum absolute atomic E-state index is 5.26. The Morgan fingerprint density at radius 3 is 0.500 bits per heavy atom. The van der Waals surface area contributed by atoms with Crippen LogP contribution in [0.2, 0.25) is 0 Å². The van der Waals surface area contributed by atoms with Crippen LogP contribution in [0.1, 0.15) is 0 Å². The zero-order valence-corrected chi connectivity index (χ0v) is 39.5. The van der Waals surface area contributed by atoms with Gasteiger partial charge in [-0.1, -0.05) is 218 Å². The lowest BCUT2D eigenvalue weighted by atomic mass is 9.90. The lowest BCUT2D eigenvalue weighted by Crippen LogP contribution is -1.93. The van der Waals surface area contributed by atoms with E-state index >= 15 is 0 Å². The fourth-order valence-corrected chi connectivity index (χ4v) is 9.52. The van der Waals surface area contributed by atoms with Crippen LogP contribution in [-0.4, -0.2) is 15.0 Å². The van der Waals surface area contributed by atoms with Crippen LogP contribution in [0, 0.1) is 0 Å². The van der Waals surface area contributed by atoms with Crippen molar-refractivity contribution in [2.75, 3.05) is 0 Å². The van der Waals surface area contributed by atoms with Gasteiger partial charge in [0, 0.05) is 33.4 Å². The Morgan fingerprint density at radius 1 is 0.125 bits per heavy atom. The van der Waals surface area contributed by atoms with Crippen molar-refractivity contribution in [1.29, 1.82) is 0 Å². The fourth-order valence-electron chi connectivity index (χ4n) is 9.52. The van der Waals surface area contributed by atoms with Gasteiger partial charge < -0.3 is 0 Å². The molecule has 0 saturated heterocycles. The molecule has 0 unspecified atom stereocenters. The van der Waals surface area contributed by atoms with Gasteiger partial charge in [-0.15, -0.1) is 0 Å². The van der Waals surface area contributed by atoms with Crippen molar-refractivity contribution < 1.29 is 0 Å². The number of benzene rings is 9. The topological polar surface area (TPSA) is 38.7 Å². The van der Waals surface area contributed by atoms with E-state index in [0.29, 0.717) is 0 Å². The molecule has 3 heterocycles. The molecule has 72 heavy (non-hydrogen) atoms. The first kappa shape index (κ1) is 43.7. The fraction of sp³-hybridized carbons (Fsp3) is 0. The molecule has 9 aromatic carbocycles. The van der Waals surface area contributed by atoms with Crippen molar-refractivity contribution in [1.82, 2.24) is 15.0 Å². The van der Waals surface area contributed by atoms with Gasteiger partial charge in [0.15, 0.2) is 0 Å². The normalized spacial score (nSPS) is 11.1. The Hall–Kier alpha value is -9.57. The van der Waals surface area contributed by atoms with E-state index < -0.39 is 0 Å². The van der Waals surface area contributed by atoms with Gasteiger partial charge in [0.25, 0.3) is 0 Å². The van der Waals surface area contributed by atoms with Crippen molar-refractivity contribution in [3.8, 4) is 123 Å². The Kier molecular flexibility index (Phi) is 12.0. The smallest absolute Gasteiger partial charge is 0.0715 e. The van der Waals surface area contributed by atoms with Gasteiger partial charge in [-0.2, -0.15) is 0 Å². The number of hydrogen-bond acceptors (Lipinski definition) is 3. The molecular formula is C69H47N3. The van der Waals surface area contributed by atoms with E-state index in [1.54, 1.807) is 0 Å². The molecule has 0 spiro atoms. The second kappa shape index (κ2) is 19.8. The molecule has 3 heteroatoms. The van der Waals surface area contributed by atoms with Gasteiger partial charge in [-0.3, -0.25) is 0 Å². The summed E-state index contributed by atoms with van der Waals surface area (Å²) in [6.45, 7) is 0. The summed E-state index contributed by atoms with van der Waals surface area (Å²) in [5.41, 5.74) is 23.1. The molecule has 3 aromatic heterocycles. The second-order valence-corrected chi connectivity index (χ2v) is 18.0. The first-order valence-corrected chi connectivity index (χ1v) is 24.4. The molecule has 0 aliphatic carbocycles. The summed E-state index contributed by atoms with van der Waals surface area (Å²) in [6, 6.07) is 101. The standard InChI is InChI=1S/C69H47N3/c1-7-21-48(22-8-1)64-42-61(43-65(70-64)49-23-9-2-10-24-49)56-35-19-33-54(37-56)58-39-59(41-60(40-58)63-46-68(52-29-15-5-16-30-52)72-69(47-63)53-31-17-6-18-32-53)55-34-20-36-57(38-55)62-44-66(50-25-11-3-12-26-50)71-67(45-62)51-27-13-4-14-28-51/h1-47H. The number of pyridine rings is 3. The van der Waals surface area contributed by atoms with E-state index in [1.807, 2.05) is 24.3 Å². The molecular weight excluding hydrogens is 871 g/mol. The van der Waals surface area contributed by atoms with Crippen molar-refractivity contribution in [3.05, 3.63) is 285 Å². The zero-order chi connectivity index (χ0) is 48.1.